The van der Waals surface area contributed by atoms with Gasteiger partial charge in [-0.2, -0.15) is 0 Å². The molecule has 1 aliphatic rings. The van der Waals surface area contributed by atoms with Crippen LogP contribution in [-0.2, 0) is 0 Å². The summed E-state index contributed by atoms with van der Waals surface area (Å²) in [5.74, 6) is 0. The minimum Gasteiger partial charge on any atom is -0.264 e. The second kappa shape index (κ2) is 7.72. The van der Waals surface area contributed by atoms with Crippen LogP contribution < -0.4 is 0 Å². The first-order chi connectivity index (χ1) is 16.2. The zero-order valence-electron chi connectivity index (χ0n) is 18.5. The number of nitrogens with zero attached hydrogens (tertiary/aromatic N) is 1. The number of aryl methyl sites for hydroxylation is 1. The van der Waals surface area contributed by atoms with E-state index in [0.717, 1.165) is 22.3 Å². The maximum atomic E-state index is 4.53. The number of fused-ring (bicyclic) bond motifs is 3. The van der Waals surface area contributed by atoms with E-state index in [2.05, 4.69) is 109 Å². The molecule has 0 saturated carbocycles. The summed E-state index contributed by atoms with van der Waals surface area (Å²) in [5, 5.41) is 2.57. The van der Waals surface area contributed by atoms with Crippen molar-refractivity contribution < 1.29 is 0 Å². The summed E-state index contributed by atoms with van der Waals surface area (Å²) in [7, 11) is 0. The van der Waals surface area contributed by atoms with Crippen LogP contribution in [0.1, 0.15) is 22.3 Å². The number of benzene rings is 4. The van der Waals surface area contributed by atoms with Crippen molar-refractivity contribution in [1.29, 1.82) is 0 Å². The van der Waals surface area contributed by atoms with Gasteiger partial charge >= 0.3 is 0 Å². The molecule has 4 aromatic carbocycles. The molecule has 5 aromatic rings. The van der Waals surface area contributed by atoms with Gasteiger partial charge in [-0.15, -0.1) is 0 Å². The van der Waals surface area contributed by atoms with Crippen molar-refractivity contribution in [1.82, 2.24) is 4.98 Å². The predicted molar refractivity (Wildman–Crippen MR) is 140 cm³/mol. The summed E-state index contributed by atoms with van der Waals surface area (Å²) >= 11 is 0. The third kappa shape index (κ3) is 3.13. The van der Waals surface area contributed by atoms with Crippen LogP contribution in [0.2, 0.25) is 0 Å². The summed E-state index contributed by atoms with van der Waals surface area (Å²) in [6, 6.07) is 32.3. The van der Waals surface area contributed by atoms with Crippen molar-refractivity contribution in [3.05, 3.63) is 138 Å². The van der Waals surface area contributed by atoms with Gasteiger partial charge in [0.2, 0.25) is 0 Å². The van der Waals surface area contributed by atoms with Crippen molar-refractivity contribution in [3.8, 4) is 22.3 Å². The zero-order chi connectivity index (χ0) is 22.4. The largest absolute Gasteiger partial charge is 0.264 e. The Hall–Kier alpha value is -4.23. The summed E-state index contributed by atoms with van der Waals surface area (Å²) in [6.07, 6.45) is 6.01. The molecule has 0 bridgehead atoms. The average Bonchev–Trinajstić information content (AvgIpc) is 3.19. The fraction of sp³-hybridized carbons (Fsp3) is 0.0312. The Kier molecular flexibility index (Phi) is 4.55. The molecule has 0 spiro atoms. The molecule has 0 N–H and O–H groups in total. The van der Waals surface area contributed by atoms with E-state index in [4.69, 9.17) is 0 Å². The fourth-order valence-electron chi connectivity index (χ4n) is 5.02. The topological polar surface area (TPSA) is 12.9 Å². The lowest BCUT2D eigenvalue weighted by Crippen LogP contribution is -1.94. The predicted octanol–water partition coefficient (Wildman–Crippen LogP) is 8.34. The molecule has 1 heteroatoms. The highest BCUT2D eigenvalue weighted by atomic mass is 14.6. The van der Waals surface area contributed by atoms with Crippen LogP contribution in [-0.4, -0.2) is 4.98 Å². The first-order valence-electron chi connectivity index (χ1n) is 11.3. The molecule has 0 aliphatic heterocycles. The van der Waals surface area contributed by atoms with Crippen molar-refractivity contribution >= 4 is 21.9 Å². The number of rotatable bonds is 4. The van der Waals surface area contributed by atoms with Gasteiger partial charge in [0.05, 0.1) is 0 Å². The molecule has 6 rings (SSSR count). The molecule has 0 fully saturated rings. The molecule has 1 aromatic heterocycles. The van der Waals surface area contributed by atoms with Gasteiger partial charge < -0.3 is 0 Å². The summed E-state index contributed by atoms with van der Waals surface area (Å²) in [4.78, 5) is 4.41. The lowest BCUT2D eigenvalue weighted by molar-refractivity contribution is 1.26. The van der Waals surface area contributed by atoms with Gasteiger partial charge in [0, 0.05) is 18.0 Å². The second-order valence-electron chi connectivity index (χ2n) is 8.57. The van der Waals surface area contributed by atoms with Crippen molar-refractivity contribution in [3.63, 3.8) is 0 Å². The SMILES string of the molecule is C=C(/C=C(/c1ccccc1)c1cnccc1C)c1ccc2c3c(cccc13)-c1ccccc1-2. The van der Waals surface area contributed by atoms with Crippen LogP contribution in [0.25, 0.3) is 44.2 Å². The van der Waals surface area contributed by atoms with Gasteiger partial charge in [-0.05, 0) is 79.9 Å². The number of aromatic nitrogens is 1. The van der Waals surface area contributed by atoms with E-state index in [1.165, 1.54) is 44.2 Å². The maximum Gasteiger partial charge on any atom is 0.0349 e. The highest BCUT2D eigenvalue weighted by molar-refractivity contribution is 6.18. The number of hydrogen-bond acceptors (Lipinski definition) is 1. The molecule has 0 radical (unpaired) electrons. The summed E-state index contributed by atoms with van der Waals surface area (Å²) in [6.45, 7) is 6.66. The van der Waals surface area contributed by atoms with Gasteiger partial charge in [0.25, 0.3) is 0 Å². The van der Waals surface area contributed by atoms with E-state index < -0.39 is 0 Å². The fourth-order valence-corrected chi connectivity index (χ4v) is 5.02. The molecule has 0 unspecified atom stereocenters. The van der Waals surface area contributed by atoms with Crippen molar-refractivity contribution in [2.75, 3.05) is 0 Å². The highest BCUT2D eigenvalue weighted by Gasteiger charge is 2.22. The standard InChI is InChI=1S/C32H23N/c1-21-17-18-33-20-31(21)30(23-9-4-3-5-10-23)19-22(2)24-15-16-29-26-12-7-6-11-25(26)28-14-8-13-27(24)32(28)29/h3-20H,2H2,1H3/b30-19-. The number of pyridine rings is 1. The third-order valence-corrected chi connectivity index (χ3v) is 6.63. The van der Waals surface area contributed by atoms with Gasteiger partial charge in [0.15, 0.2) is 0 Å². The quantitative estimate of drug-likeness (QED) is 0.261. The molecule has 156 valence electrons. The van der Waals surface area contributed by atoms with E-state index in [0.29, 0.717) is 0 Å². The highest BCUT2D eigenvalue weighted by Crippen LogP contribution is 2.48. The summed E-state index contributed by atoms with van der Waals surface area (Å²) in [5.41, 5.74) is 12.0. The van der Waals surface area contributed by atoms with E-state index >= 15 is 0 Å². The van der Waals surface area contributed by atoms with Crippen molar-refractivity contribution in [2.24, 2.45) is 0 Å². The Morgan fingerprint density at radius 3 is 2.15 bits per heavy atom. The van der Waals surface area contributed by atoms with Crippen molar-refractivity contribution in [2.45, 2.75) is 6.92 Å². The molecule has 0 amide bonds. The van der Waals surface area contributed by atoms with E-state index in [-0.39, 0.29) is 0 Å². The monoisotopic (exact) mass is 421 g/mol. The minimum absolute atomic E-state index is 0.997. The Morgan fingerprint density at radius 2 is 1.39 bits per heavy atom. The van der Waals surface area contributed by atoms with E-state index in [1.54, 1.807) is 0 Å². The number of hydrogen-bond donors (Lipinski definition) is 0. The van der Waals surface area contributed by atoms with Gasteiger partial charge in [-0.1, -0.05) is 91.5 Å². The van der Waals surface area contributed by atoms with E-state index in [9.17, 15) is 0 Å². The van der Waals surface area contributed by atoms with Gasteiger partial charge in [-0.3, -0.25) is 4.98 Å². The van der Waals surface area contributed by atoms with Crippen LogP contribution >= 0.6 is 0 Å². The van der Waals surface area contributed by atoms with Crippen LogP contribution in [0, 0.1) is 6.92 Å². The Bertz CT molecular complexity index is 1540. The second-order valence-corrected chi connectivity index (χ2v) is 8.57. The van der Waals surface area contributed by atoms with Gasteiger partial charge in [0.1, 0.15) is 0 Å². The smallest absolute Gasteiger partial charge is 0.0349 e. The molecule has 1 nitrogen and oxygen atoms in total. The zero-order valence-corrected chi connectivity index (χ0v) is 18.5. The Morgan fingerprint density at radius 1 is 0.697 bits per heavy atom. The molecule has 33 heavy (non-hydrogen) atoms. The Labute approximate surface area is 194 Å². The van der Waals surface area contributed by atoms with Crippen LogP contribution in [0.3, 0.4) is 0 Å². The van der Waals surface area contributed by atoms with Crippen LogP contribution in [0.5, 0.6) is 0 Å². The summed E-state index contributed by atoms with van der Waals surface area (Å²) < 4.78 is 0. The van der Waals surface area contributed by atoms with E-state index in [1.807, 2.05) is 18.5 Å². The molecule has 0 saturated heterocycles. The first-order valence-corrected chi connectivity index (χ1v) is 11.3. The normalized spacial score (nSPS) is 12.1. The molecule has 0 atom stereocenters. The molecule has 1 aliphatic carbocycles. The minimum atomic E-state index is 0.997. The van der Waals surface area contributed by atoms with Gasteiger partial charge in [-0.25, -0.2) is 0 Å². The molecular weight excluding hydrogens is 398 g/mol. The Balaban J connectivity index is 1.55. The number of allylic oxidation sites excluding steroid dienone is 2. The molecule has 1 heterocycles. The molecular formula is C32H23N. The lowest BCUT2D eigenvalue weighted by Gasteiger charge is -2.14. The third-order valence-electron chi connectivity index (χ3n) is 6.63. The first kappa shape index (κ1) is 19.5. The maximum absolute atomic E-state index is 4.53. The average molecular weight is 422 g/mol. The van der Waals surface area contributed by atoms with Crippen LogP contribution in [0.15, 0.2) is 116 Å². The van der Waals surface area contributed by atoms with Crippen LogP contribution in [0.4, 0.5) is 0 Å². The lowest BCUT2D eigenvalue weighted by atomic mass is 9.90.